The van der Waals surface area contributed by atoms with Crippen LogP contribution >= 0.6 is 0 Å². The van der Waals surface area contributed by atoms with Crippen molar-refractivity contribution in [3.8, 4) is 17.0 Å². The van der Waals surface area contributed by atoms with Crippen molar-refractivity contribution < 1.29 is 19.5 Å². The van der Waals surface area contributed by atoms with Crippen molar-refractivity contribution >= 4 is 23.4 Å². The summed E-state index contributed by atoms with van der Waals surface area (Å²) in [5, 5.41) is 9.79. The van der Waals surface area contributed by atoms with Crippen LogP contribution < -0.4 is 4.90 Å². The maximum absolute atomic E-state index is 14.7. The minimum absolute atomic E-state index is 0.0239. The Morgan fingerprint density at radius 2 is 1.62 bits per heavy atom. The highest BCUT2D eigenvalue weighted by atomic mass is 16.3. The SMILES string of the molecule is CCC(=O)N1CCc2cc(-c3cc(C(=O)N(C)c4ccc(O)cc4)c4n3CCCC4)c(C(=O)N3Cc4ccccc4C[C@H]3C)cc2C1. The molecular formula is C39H42N4O4. The molecule has 242 valence electrons. The topological polar surface area (TPSA) is 86.1 Å². The maximum atomic E-state index is 14.7. The lowest BCUT2D eigenvalue weighted by Gasteiger charge is -2.36. The summed E-state index contributed by atoms with van der Waals surface area (Å²) in [6, 6.07) is 21.2. The van der Waals surface area contributed by atoms with E-state index in [0.29, 0.717) is 42.9 Å². The number of fused-ring (bicyclic) bond motifs is 3. The Hall–Kier alpha value is -4.85. The highest BCUT2D eigenvalue weighted by Gasteiger charge is 2.33. The number of amides is 3. The van der Waals surface area contributed by atoms with E-state index in [0.717, 1.165) is 66.7 Å². The van der Waals surface area contributed by atoms with Gasteiger partial charge in [0.1, 0.15) is 5.75 Å². The van der Waals surface area contributed by atoms with E-state index in [1.165, 1.54) is 11.1 Å². The van der Waals surface area contributed by atoms with Crippen LogP contribution in [0.15, 0.2) is 66.7 Å². The quantitative estimate of drug-likeness (QED) is 0.278. The van der Waals surface area contributed by atoms with Gasteiger partial charge in [0.2, 0.25) is 5.91 Å². The van der Waals surface area contributed by atoms with Crippen LogP contribution in [0.4, 0.5) is 5.69 Å². The molecule has 0 spiro atoms. The summed E-state index contributed by atoms with van der Waals surface area (Å²) < 4.78 is 2.25. The molecule has 3 amide bonds. The summed E-state index contributed by atoms with van der Waals surface area (Å²) in [7, 11) is 1.76. The second-order valence-corrected chi connectivity index (χ2v) is 13.2. The number of aromatic hydroxyl groups is 1. The number of hydrogen-bond donors (Lipinski definition) is 1. The molecule has 4 heterocycles. The Balaban J connectivity index is 1.34. The summed E-state index contributed by atoms with van der Waals surface area (Å²) in [6.07, 6.45) is 4.75. The number of benzene rings is 3. The second kappa shape index (κ2) is 12.4. The van der Waals surface area contributed by atoms with E-state index in [9.17, 15) is 19.5 Å². The Morgan fingerprint density at radius 3 is 2.38 bits per heavy atom. The van der Waals surface area contributed by atoms with Gasteiger partial charge in [-0.3, -0.25) is 14.4 Å². The van der Waals surface area contributed by atoms with Crippen LogP contribution in [-0.2, 0) is 43.7 Å². The fourth-order valence-electron chi connectivity index (χ4n) is 7.60. The van der Waals surface area contributed by atoms with Gasteiger partial charge in [0.15, 0.2) is 0 Å². The van der Waals surface area contributed by atoms with E-state index < -0.39 is 0 Å². The third-order valence-electron chi connectivity index (χ3n) is 10.3. The summed E-state index contributed by atoms with van der Waals surface area (Å²) >= 11 is 0. The average molecular weight is 631 g/mol. The number of hydrogen-bond acceptors (Lipinski definition) is 4. The zero-order valence-electron chi connectivity index (χ0n) is 27.5. The first kappa shape index (κ1) is 30.8. The van der Waals surface area contributed by atoms with Crippen molar-refractivity contribution in [2.24, 2.45) is 0 Å². The number of phenolic OH excluding ortho intramolecular Hbond substituents is 1. The molecule has 0 fully saturated rings. The molecule has 1 atom stereocenters. The molecule has 8 nitrogen and oxygen atoms in total. The molecule has 1 N–H and O–H groups in total. The van der Waals surface area contributed by atoms with Crippen LogP contribution in [0.1, 0.15) is 81.8 Å². The molecule has 3 aliphatic heterocycles. The fraction of sp³-hybridized carbons (Fsp3) is 0.359. The second-order valence-electron chi connectivity index (χ2n) is 13.2. The predicted octanol–water partition coefficient (Wildman–Crippen LogP) is 6.36. The first-order valence-electron chi connectivity index (χ1n) is 16.8. The van der Waals surface area contributed by atoms with Gasteiger partial charge in [-0.2, -0.15) is 0 Å². The lowest BCUT2D eigenvalue weighted by atomic mass is 9.89. The van der Waals surface area contributed by atoms with Crippen LogP contribution in [0.5, 0.6) is 5.75 Å². The lowest BCUT2D eigenvalue weighted by Crippen LogP contribution is -2.43. The van der Waals surface area contributed by atoms with E-state index >= 15 is 0 Å². The molecule has 7 rings (SSSR count). The predicted molar refractivity (Wildman–Crippen MR) is 183 cm³/mol. The summed E-state index contributed by atoms with van der Waals surface area (Å²) in [6.45, 7) is 6.47. The normalized spacial score (nSPS) is 17.0. The fourth-order valence-corrected chi connectivity index (χ4v) is 7.60. The number of carbonyl (C=O) groups excluding carboxylic acids is 3. The molecule has 0 saturated heterocycles. The van der Waals surface area contributed by atoms with Gasteiger partial charge < -0.3 is 24.4 Å². The molecule has 0 radical (unpaired) electrons. The Bertz CT molecular complexity index is 1870. The van der Waals surface area contributed by atoms with Gasteiger partial charge in [-0.15, -0.1) is 0 Å². The molecule has 0 aliphatic carbocycles. The molecule has 3 aliphatic rings. The zero-order chi connectivity index (χ0) is 32.8. The zero-order valence-corrected chi connectivity index (χ0v) is 27.5. The van der Waals surface area contributed by atoms with Gasteiger partial charge in [0, 0.05) is 73.9 Å². The molecule has 47 heavy (non-hydrogen) atoms. The molecule has 0 bridgehead atoms. The van der Waals surface area contributed by atoms with E-state index in [1.54, 1.807) is 36.2 Å². The number of rotatable bonds is 5. The van der Waals surface area contributed by atoms with Crippen LogP contribution in [-0.4, -0.2) is 56.8 Å². The number of aromatic nitrogens is 1. The van der Waals surface area contributed by atoms with Gasteiger partial charge >= 0.3 is 0 Å². The number of phenols is 1. The summed E-state index contributed by atoms with van der Waals surface area (Å²) in [5.74, 6) is 0.129. The van der Waals surface area contributed by atoms with Crippen molar-refractivity contribution in [3.05, 3.63) is 106 Å². The smallest absolute Gasteiger partial charge is 0.259 e. The van der Waals surface area contributed by atoms with Crippen LogP contribution in [0.3, 0.4) is 0 Å². The van der Waals surface area contributed by atoms with E-state index in [1.807, 2.05) is 34.9 Å². The van der Waals surface area contributed by atoms with Gasteiger partial charge in [-0.05, 0) is 104 Å². The highest BCUT2D eigenvalue weighted by Crippen LogP contribution is 2.38. The lowest BCUT2D eigenvalue weighted by molar-refractivity contribution is -0.131. The Labute approximate surface area is 276 Å². The van der Waals surface area contributed by atoms with Crippen LogP contribution in [0.2, 0.25) is 0 Å². The molecular weight excluding hydrogens is 588 g/mol. The van der Waals surface area contributed by atoms with Crippen molar-refractivity contribution in [1.82, 2.24) is 14.4 Å². The van der Waals surface area contributed by atoms with Crippen LogP contribution in [0.25, 0.3) is 11.3 Å². The van der Waals surface area contributed by atoms with Crippen molar-refractivity contribution in [2.45, 2.75) is 78.0 Å². The van der Waals surface area contributed by atoms with Gasteiger partial charge in [0.05, 0.1) is 5.56 Å². The third kappa shape index (κ3) is 5.60. The molecule has 0 saturated carbocycles. The molecule has 1 aromatic heterocycles. The monoisotopic (exact) mass is 630 g/mol. The average Bonchev–Trinajstić information content (AvgIpc) is 3.49. The largest absolute Gasteiger partial charge is 0.508 e. The summed E-state index contributed by atoms with van der Waals surface area (Å²) in [5.41, 5.74) is 9.32. The Morgan fingerprint density at radius 1 is 0.851 bits per heavy atom. The molecule has 3 aromatic carbocycles. The molecule has 0 unspecified atom stereocenters. The van der Waals surface area contributed by atoms with E-state index in [2.05, 4.69) is 35.8 Å². The minimum Gasteiger partial charge on any atom is -0.508 e. The number of carbonyl (C=O) groups is 3. The van der Waals surface area contributed by atoms with Gasteiger partial charge in [-0.1, -0.05) is 31.2 Å². The Kier molecular flexibility index (Phi) is 8.12. The van der Waals surface area contributed by atoms with Crippen molar-refractivity contribution in [3.63, 3.8) is 0 Å². The van der Waals surface area contributed by atoms with E-state index in [-0.39, 0.29) is 29.5 Å². The van der Waals surface area contributed by atoms with E-state index in [4.69, 9.17) is 0 Å². The maximum Gasteiger partial charge on any atom is 0.259 e. The van der Waals surface area contributed by atoms with Gasteiger partial charge in [-0.25, -0.2) is 0 Å². The number of nitrogens with zero attached hydrogens (tertiary/aromatic N) is 4. The highest BCUT2D eigenvalue weighted by molar-refractivity contribution is 6.08. The summed E-state index contributed by atoms with van der Waals surface area (Å²) in [4.78, 5) is 47.0. The third-order valence-corrected chi connectivity index (χ3v) is 10.3. The molecule has 8 heteroatoms. The van der Waals surface area contributed by atoms with Crippen molar-refractivity contribution in [2.75, 3.05) is 18.5 Å². The van der Waals surface area contributed by atoms with Gasteiger partial charge in [0.25, 0.3) is 11.8 Å². The number of anilines is 1. The molecule has 4 aromatic rings. The van der Waals surface area contributed by atoms with Crippen LogP contribution in [0, 0.1) is 0 Å². The first-order valence-corrected chi connectivity index (χ1v) is 16.8. The minimum atomic E-state index is -0.117. The van der Waals surface area contributed by atoms with Crippen molar-refractivity contribution in [1.29, 1.82) is 0 Å². The first-order chi connectivity index (χ1) is 22.7. The standard InChI is InChI=1S/C39H42N4O4/c1-4-37(45)41-18-16-27-20-32(33(21-29(27)23-41)39(47)43-24-28-10-6-5-9-26(28)19-25(43)2)36-22-34(35-11-7-8-17-42(35)36)38(46)40(3)30-12-14-31(44)15-13-30/h5-6,9-10,12-15,20-22,25,44H,4,7-8,11,16-19,23-24H2,1-3H3/t25-/m1/s1.